The second kappa shape index (κ2) is 7.10. The van der Waals surface area contributed by atoms with Crippen LogP contribution in [0.25, 0.3) is 10.9 Å². The number of para-hydroxylation sites is 1. The van der Waals surface area contributed by atoms with Gasteiger partial charge in [-0.3, -0.25) is 0 Å². The molecule has 1 aliphatic rings. The van der Waals surface area contributed by atoms with Crippen molar-refractivity contribution in [1.82, 2.24) is 9.88 Å². The SMILES string of the molecule is CCOC1CCN(CCCc2c[nH]c3ccccc23)CC1. The summed E-state index contributed by atoms with van der Waals surface area (Å²) in [6.45, 7) is 6.54. The van der Waals surface area contributed by atoms with Crippen LogP contribution in [0.1, 0.15) is 31.7 Å². The third-order valence-corrected chi connectivity index (χ3v) is 4.53. The van der Waals surface area contributed by atoms with Crippen LogP contribution in [0.3, 0.4) is 0 Å². The molecule has 114 valence electrons. The summed E-state index contributed by atoms with van der Waals surface area (Å²) in [5, 5.41) is 1.38. The van der Waals surface area contributed by atoms with Crippen LogP contribution in [0.2, 0.25) is 0 Å². The molecule has 0 amide bonds. The van der Waals surface area contributed by atoms with Gasteiger partial charge in [-0.05, 0) is 50.8 Å². The van der Waals surface area contributed by atoms with Crippen molar-refractivity contribution in [3.63, 3.8) is 0 Å². The van der Waals surface area contributed by atoms with Gasteiger partial charge in [-0.25, -0.2) is 0 Å². The number of rotatable bonds is 6. The molecule has 3 heteroatoms. The molecule has 0 unspecified atom stereocenters. The van der Waals surface area contributed by atoms with Gasteiger partial charge >= 0.3 is 0 Å². The van der Waals surface area contributed by atoms with Crippen molar-refractivity contribution in [2.75, 3.05) is 26.2 Å². The fourth-order valence-corrected chi connectivity index (χ4v) is 3.37. The molecule has 21 heavy (non-hydrogen) atoms. The highest BCUT2D eigenvalue weighted by molar-refractivity contribution is 5.82. The first-order valence-electron chi connectivity index (χ1n) is 8.25. The predicted octanol–water partition coefficient (Wildman–Crippen LogP) is 3.60. The highest BCUT2D eigenvalue weighted by atomic mass is 16.5. The molecule has 2 aromatic rings. The number of benzene rings is 1. The van der Waals surface area contributed by atoms with Crippen molar-refractivity contribution < 1.29 is 4.74 Å². The minimum absolute atomic E-state index is 0.500. The molecule has 3 nitrogen and oxygen atoms in total. The van der Waals surface area contributed by atoms with Crippen LogP contribution in [-0.4, -0.2) is 42.2 Å². The lowest BCUT2D eigenvalue weighted by atomic mass is 10.1. The van der Waals surface area contributed by atoms with Crippen molar-refractivity contribution in [3.8, 4) is 0 Å². The summed E-state index contributed by atoms with van der Waals surface area (Å²) in [7, 11) is 0. The smallest absolute Gasteiger partial charge is 0.0599 e. The topological polar surface area (TPSA) is 28.3 Å². The van der Waals surface area contributed by atoms with Gasteiger partial charge in [0.05, 0.1) is 6.10 Å². The Balaban J connectivity index is 1.44. The number of aromatic nitrogens is 1. The van der Waals surface area contributed by atoms with E-state index in [1.165, 1.54) is 55.4 Å². The van der Waals surface area contributed by atoms with E-state index in [2.05, 4.69) is 47.3 Å². The highest BCUT2D eigenvalue weighted by Crippen LogP contribution is 2.20. The van der Waals surface area contributed by atoms with E-state index in [0.717, 1.165) is 13.0 Å². The van der Waals surface area contributed by atoms with Crippen molar-refractivity contribution in [2.45, 2.75) is 38.7 Å². The number of aryl methyl sites for hydroxylation is 1. The Bertz CT molecular complexity index is 555. The maximum atomic E-state index is 5.71. The van der Waals surface area contributed by atoms with Crippen LogP contribution in [0.5, 0.6) is 0 Å². The Morgan fingerprint density at radius 3 is 2.86 bits per heavy atom. The third kappa shape index (κ3) is 3.66. The van der Waals surface area contributed by atoms with Crippen LogP contribution in [0, 0.1) is 0 Å². The van der Waals surface area contributed by atoms with Crippen molar-refractivity contribution in [3.05, 3.63) is 36.0 Å². The lowest BCUT2D eigenvalue weighted by molar-refractivity contribution is 0.0141. The maximum absolute atomic E-state index is 5.71. The summed E-state index contributed by atoms with van der Waals surface area (Å²) >= 11 is 0. The third-order valence-electron chi connectivity index (χ3n) is 4.53. The van der Waals surface area contributed by atoms with Gasteiger partial charge in [0.1, 0.15) is 0 Å². The molecule has 1 saturated heterocycles. The van der Waals surface area contributed by atoms with E-state index in [-0.39, 0.29) is 0 Å². The number of fused-ring (bicyclic) bond motifs is 1. The number of piperidine rings is 1. The van der Waals surface area contributed by atoms with E-state index in [4.69, 9.17) is 4.74 Å². The molecular formula is C18H26N2O. The Morgan fingerprint density at radius 1 is 1.24 bits per heavy atom. The largest absolute Gasteiger partial charge is 0.378 e. The minimum Gasteiger partial charge on any atom is -0.378 e. The molecule has 0 bridgehead atoms. The molecule has 0 saturated carbocycles. The fraction of sp³-hybridized carbons (Fsp3) is 0.556. The van der Waals surface area contributed by atoms with Crippen LogP contribution in [0.4, 0.5) is 0 Å². The first kappa shape index (κ1) is 14.6. The normalized spacial score (nSPS) is 17.6. The maximum Gasteiger partial charge on any atom is 0.0599 e. The van der Waals surface area contributed by atoms with E-state index < -0.39 is 0 Å². The Morgan fingerprint density at radius 2 is 2.05 bits per heavy atom. The molecule has 1 aromatic carbocycles. The monoisotopic (exact) mass is 286 g/mol. The fourth-order valence-electron chi connectivity index (χ4n) is 3.37. The lowest BCUT2D eigenvalue weighted by Gasteiger charge is -2.31. The molecule has 0 aliphatic carbocycles. The zero-order chi connectivity index (χ0) is 14.5. The van der Waals surface area contributed by atoms with Crippen LogP contribution in [0.15, 0.2) is 30.5 Å². The van der Waals surface area contributed by atoms with Gasteiger partial charge in [-0.2, -0.15) is 0 Å². The molecule has 2 heterocycles. The van der Waals surface area contributed by atoms with Crippen LogP contribution in [-0.2, 0) is 11.2 Å². The predicted molar refractivity (Wildman–Crippen MR) is 87.7 cm³/mol. The first-order valence-corrected chi connectivity index (χ1v) is 8.25. The molecular weight excluding hydrogens is 260 g/mol. The van der Waals surface area contributed by atoms with Gasteiger partial charge in [-0.15, -0.1) is 0 Å². The zero-order valence-electron chi connectivity index (χ0n) is 13.0. The average molecular weight is 286 g/mol. The summed E-state index contributed by atoms with van der Waals surface area (Å²) in [4.78, 5) is 5.95. The van der Waals surface area contributed by atoms with Gasteiger partial charge in [0, 0.05) is 36.8 Å². The summed E-state index contributed by atoms with van der Waals surface area (Å²) < 4.78 is 5.71. The highest BCUT2D eigenvalue weighted by Gasteiger charge is 2.18. The second-order valence-electron chi connectivity index (χ2n) is 5.96. The number of ether oxygens (including phenoxy) is 1. The lowest BCUT2D eigenvalue weighted by Crippen LogP contribution is -2.37. The van der Waals surface area contributed by atoms with Gasteiger partial charge in [0.2, 0.25) is 0 Å². The molecule has 3 rings (SSSR count). The molecule has 0 radical (unpaired) electrons. The van der Waals surface area contributed by atoms with E-state index in [9.17, 15) is 0 Å². The van der Waals surface area contributed by atoms with E-state index in [1.54, 1.807) is 0 Å². The number of H-pyrrole nitrogens is 1. The quantitative estimate of drug-likeness (QED) is 0.879. The molecule has 1 aromatic heterocycles. The standard InChI is InChI=1S/C18H26N2O/c1-2-21-16-9-12-20(13-10-16)11-5-6-15-14-19-18-8-4-3-7-17(15)18/h3-4,7-8,14,16,19H,2,5-6,9-13H2,1H3. The zero-order valence-corrected chi connectivity index (χ0v) is 13.0. The summed E-state index contributed by atoms with van der Waals surface area (Å²) in [6.07, 6.45) is 7.46. The number of aromatic amines is 1. The molecule has 1 aliphatic heterocycles. The summed E-state index contributed by atoms with van der Waals surface area (Å²) in [5.41, 5.74) is 2.71. The molecule has 0 atom stereocenters. The van der Waals surface area contributed by atoms with Gasteiger partial charge in [-0.1, -0.05) is 18.2 Å². The van der Waals surface area contributed by atoms with Crippen LogP contribution < -0.4 is 0 Å². The number of hydrogen-bond donors (Lipinski definition) is 1. The Hall–Kier alpha value is -1.32. The van der Waals surface area contributed by atoms with Gasteiger partial charge in [0.15, 0.2) is 0 Å². The summed E-state index contributed by atoms with van der Waals surface area (Å²) in [6, 6.07) is 8.58. The first-order chi connectivity index (χ1) is 10.4. The number of nitrogens with zero attached hydrogens (tertiary/aromatic N) is 1. The van der Waals surface area contributed by atoms with E-state index in [1.807, 2.05) is 0 Å². The van der Waals surface area contributed by atoms with Crippen molar-refractivity contribution in [1.29, 1.82) is 0 Å². The molecule has 1 N–H and O–H groups in total. The Labute approximate surface area is 127 Å². The minimum atomic E-state index is 0.500. The number of hydrogen-bond acceptors (Lipinski definition) is 2. The van der Waals surface area contributed by atoms with Gasteiger partial charge in [0.25, 0.3) is 0 Å². The summed E-state index contributed by atoms with van der Waals surface area (Å²) in [5.74, 6) is 0. The Kier molecular flexibility index (Phi) is 4.94. The van der Waals surface area contributed by atoms with Gasteiger partial charge < -0.3 is 14.6 Å². The van der Waals surface area contributed by atoms with Crippen LogP contribution >= 0.6 is 0 Å². The van der Waals surface area contributed by atoms with Crippen molar-refractivity contribution >= 4 is 10.9 Å². The van der Waals surface area contributed by atoms with Crippen molar-refractivity contribution in [2.24, 2.45) is 0 Å². The van der Waals surface area contributed by atoms with E-state index >= 15 is 0 Å². The average Bonchev–Trinajstić information content (AvgIpc) is 2.93. The second-order valence-corrected chi connectivity index (χ2v) is 5.96. The molecule has 1 fully saturated rings. The number of nitrogens with one attached hydrogen (secondary N) is 1. The van der Waals surface area contributed by atoms with E-state index in [0.29, 0.717) is 6.10 Å². The number of likely N-dealkylation sites (tertiary alicyclic amines) is 1. The molecule has 0 spiro atoms.